The molecule has 0 aliphatic rings. The van der Waals surface area contributed by atoms with Crippen molar-refractivity contribution in [2.24, 2.45) is 0 Å². The Morgan fingerprint density at radius 2 is 1.70 bits per heavy atom. The third-order valence-corrected chi connectivity index (χ3v) is 4.62. The average molecular weight is 389 g/mol. The fourth-order valence-corrected chi connectivity index (χ4v) is 3.29. The molecule has 27 heavy (non-hydrogen) atoms. The summed E-state index contributed by atoms with van der Waals surface area (Å²) in [6.45, 7) is 9.99. The molecule has 0 saturated carbocycles. The van der Waals surface area contributed by atoms with Crippen LogP contribution in [0, 0.1) is 0 Å². The maximum Gasteiger partial charge on any atom is 0.265 e. The van der Waals surface area contributed by atoms with E-state index in [0.717, 1.165) is 12.1 Å². The first-order valence-corrected chi connectivity index (χ1v) is 9.77. The van der Waals surface area contributed by atoms with Crippen LogP contribution in [-0.2, 0) is 4.79 Å². The number of para-hydroxylation sites is 1. The zero-order valence-electron chi connectivity index (χ0n) is 16.5. The van der Waals surface area contributed by atoms with Gasteiger partial charge in [0, 0.05) is 35.8 Å². The number of ether oxygens (including phenoxy) is 1. The van der Waals surface area contributed by atoms with Crippen LogP contribution in [0.3, 0.4) is 0 Å². The summed E-state index contributed by atoms with van der Waals surface area (Å²) >= 11 is 6.12. The highest BCUT2D eigenvalue weighted by Crippen LogP contribution is 2.24. The Bertz CT molecular complexity index is 711. The minimum Gasteiger partial charge on any atom is -0.476 e. The number of hydrogen-bond donors (Lipinski definition) is 1. The van der Waals surface area contributed by atoms with Crippen LogP contribution in [-0.4, -0.2) is 36.0 Å². The van der Waals surface area contributed by atoms with Crippen LogP contribution in [0.5, 0.6) is 5.75 Å². The lowest BCUT2D eigenvalue weighted by atomic mass is 10.1. The summed E-state index contributed by atoms with van der Waals surface area (Å²) < 4.78 is 5.99. The van der Waals surface area contributed by atoms with Crippen LogP contribution >= 0.6 is 11.6 Å². The maximum atomic E-state index is 12.9. The Labute approximate surface area is 167 Å². The minimum absolute atomic E-state index is 0.173. The fraction of sp³-hybridized carbons (Fsp3) is 0.409. The number of hydrogen-bond acceptors (Lipinski definition) is 3. The molecule has 0 bridgehead atoms. The van der Waals surface area contributed by atoms with Crippen LogP contribution in [0.2, 0.25) is 5.02 Å². The van der Waals surface area contributed by atoms with E-state index in [0.29, 0.717) is 29.4 Å². The molecule has 2 rings (SSSR count). The standard InChI is InChI=1S/C22H29ClN2O2/c1-16(2)25(17(3)4)14-13-24-22(26)21(18-9-8-10-19(23)15-18)27-20-11-6-5-7-12-20/h5-12,15-17,21H,13-14H2,1-4H3,(H,24,26). The van der Waals surface area contributed by atoms with E-state index in [1.807, 2.05) is 42.5 Å². The van der Waals surface area contributed by atoms with E-state index in [-0.39, 0.29) is 5.91 Å². The van der Waals surface area contributed by atoms with Gasteiger partial charge >= 0.3 is 0 Å². The number of rotatable bonds is 9. The second-order valence-corrected chi connectivity index (χ2v) is 7.52. The van der Waals surface area contributed by atoms with E-state index < -0.39 is 6.10 Å². The monoisotopic (exact) mass is 388 g/mol. The van der Waals surface area contributed by atoms with Gasteiger partial charge in [0.1, 0.15) is 5.75 Å². The summed E-state index contributed by atoms with van der Waals surface area (Å²) in [5.74, 6) is 0.470. The molecular formula is C22H29ClN2O2. The normalized spacial score (nSPS) is 12.4. The number of amides is 1. The molecule has 2 aromatic rings. The molecule has 146 valence electrons. The SMILES string of the molecule is CC(C)N(CCNC(=O)C(Oc1ccccc1)c1cccc(Cl)c1)C(C)C. The molecule has 0 aliphatic heterocycles. The van der Waals surface area contributed by atoms with E-state index in [4.69, 9.17) is 16.3 Å². The van der Waals surface area contributed by atoms with Crippen molar-refractivity contribution in [2.75, 3.05) is 13.1 Å². The van der Waals surface area contributed by atoms with Gasteiger partial charge in [-0.2, -0.15) is 0 Å². The second-order valence-electron chi connectivity index (χ2n) is 7.08. The van der Waals surface area contributed by atoms with Gasteiger partial charge in [0.05, 0.1) is 0 Å². The van der Waals surface area contributed by atoms with Gasteiger partial charge < -0.3 is 10.1 Å². The topological polar surface area (TPSA) is 41.6 Å². The molecule has 0 aliphatic carbocycles. The number of carbonyl (C=O) groups excluding carboxylic acids is 1. The molecule has 5 heteroatoms. The summed E-state index contributed by atoms with van der Waals surface area (Å²) in [7, 11) is 0. The van der Waals surface area contributed by atoms with E-state index in [9.17, 15) is 4.79 Å². The largest absolute Gasteiger partial charge is 0.476 e. The van der Waals surface area contributed by atoms with Gasteiger partial charge in [0.2, 0.25) is 6.10 Å². The Morgan fingerprint density at radius 3 is 2.30 bits per heavy atom. The molecule has 0 saturated heterocycles. The van der Waals surface area contributed by atoms with Gasteiger partial charge in [-0.15, -0.1) is 0 Å². The quantitative estimate of drug-likeness (QED) is 0.677. The Hall–Kier alpha value is -2.04. The second kappa shape index (κ2) is 10.3. The lowest BCUT2D eigenvalue weighted by molar-refractivity contribution is -0.128. The molecular weight excluding hydrogens is 360 g/mol. The Morgan fingerprint density at radius 1 is 1.04 bits per heavy atom. The zero-order chi connectivity index (χ0) is 19.8. The van der Waals surface area contributed by atoms with Crippen molar-refractivity contribution in [3.05, 3.63) is 65.2 Å². The lowest BCUT2D eigenvalue weighted by Crippen LogP contribution is -2.43. The molecule has 0 aromatic heterocycles. The van der Waals surface area contributed by atoms with Gasteiger partial charge in [-0.1, -0.05) is 41.9 Å². The Balaban J connectivity index is 2.09. The summed E-state index contributed by atoms with van der Waals surface area (Å²) in [5, 5.41) is 3.59. The van der Waals surface area contributed by atoms with E-state index in [2.05, 4.69) is 37.9 Å². The molecule has 4 nitrogen and oxygen atoms in total. The summed E-state index contributed by atoms with van der Waals surface area (Å²) in [6, 6.07) is 17.4. The molecule has 0 spiro atoms. The smallest absolute Gasteiger partial charge is 0.265 e. The van der Waals surface area contributed by atoms with Crippen LogP contribution < -0.4 is 10.1 Å². The fourth-order valence-electron chi connectivity index (χ4n) is 3.09. The van der Waals surface area contributed by atoms with Crippen molar-refractivity contribution < 1.29 is 9.53 Å². The molecule has 0 heterocycles. The summed E-state index contributed by atoms with van der Waals surface area (Å²) in [6.07, 6.45) is -0.752. The molecule has 0 radical (unpaired) electrons. The molecule has 1 N–H and O–H groups in total. The van der Waals surface area contributed by atoms with Gasteiger partial charge in [0.15, 0.2) is 0 Å². The van der Waals surface area contributed by atoms with Crippen molar-refractivity contribution in [1.29, 1.82) is 0 Å². The Kier molecular flexibility index (Phi) is 8.14. The van der Waals surface area contributed by atoms with Crippen LogP contribution in [0.1, 0.15) is 39.4 Å². The predicted octanol–water partition coefficient (Wildman–Crippen LogP) is 4.70. The first-order chi connectivity index (χ1) is 12.9. The highest BCUT2D eigenvalue weighted by atomic mass is 35.5. The van der Waals surface area contributed by atoms with Crippen LogP contribution in [0.25, 0.3) is 0 Å². The summed E-state index contributed by atoms with van der Waals surface area (Å²) in [4.78, 5) is 15.2. The van der Waals surface area contributed by atoms with Crippen molar-refractivity contribution >= 4 is 17.5 Å². The average Bonchev–Trinajstić information content (AvgIpc) is 2.63. The van der Waals surface area contributed by atoms with Crippen molar-refractivity contribution in [3.8, 4) is 5.75 Å². The van der Waals surface area contributed by atoms with E-state index in [1.54, 1.807) is 12.1 Å². The zero-order valence-corrected chi connectivity index (χ0v) is 17.2. The number of carbonyl (C=O) groups is 1. The lowest BCUT2D eigenvalue weighted by Gasteiger charge is -2.30. The summed E-state index contributed by atoms with van der Waals surface area (Å²) in [5.41, 5.74) is 0.730. The van der Waals surface area contributed by atoms with E-state index in [1.165, 1.54) is 0 Å². The minimum atomic E-state index is -0.752. The molecule has 1 amide bonds. The number of nitrogens with one attached hydrogen (secondary N) is 1. The van der Waals surface area contributed by atoms with Gasteiger partial charge in [-0.25, -0.2) is 0 Å². The maximum absolute atomic E-state index is 12.9. The number of nitrogens with zero attached hydrogens (tertiary/aromatic N) is 1. The van der Waals surface area contributed by atoms with Gasteiger partial charge in [-0.3, -0.25) is 9.69 Å². The highest BCUT2D eigenvalue weighted by Gasteiger charge is 2.23. The van der Waals surface area contributed by atoms with Gasteiger partial charge in [0.25, 0.3) is 5.91 Å². The van der Waals surface area contributed by atoms with Gasteiger partial charge in [-0.05, 0) is 52.0 Å². The van der Waals surface area contributed by atoms with Crippen molar-refractivity contribution in [3.63, 3.8) is 0 Å². The number of halogens is 1. The molecule has 1 atom stereocenters. The third-order valence-electron chi connectivity index (χ3n) is 4.38. The third kappa shape index (κ3) is 6.56. The van der Waals surface area contributed by atoms with Crippen molar-refractivity contribution in [2.45, 2.75) is 45.9 Å². The van der Waals surface area contributed by atoms with Crippen LogP contribution in [0.15, 0.2) is 54.6 Å². The highest BCUT2D eigenvalue weighted by molar-refractivity contribution is 6.30. The first-order valence-electron chi connectivity index (χ1n) is 9.39. The van der Waals surface area contributed by atoms with E-state index >= 15 is 0 Å². The molecule has 2 aromatic carbocycles. The van der Waals surface area contributed by atoms with Crippen LogP contribution in [0.4, 0.5) is 0 Å². The predicted molar refractivity (Wildman–Crippen MR) is 111 cm³/mol. The van der Waals surface area contributed by atoms with Crippen molar-refractivity contribution in [1.82, 2.24) is 10.2 Å². The first kappa shape index (κ1) is 21.3. The number of benzene rings is 2. The molecule has 1 unspecified atom stereocenters. The molecule has 0 fully saturated rings.